The summed E-state index contributed by atoms with van der Waals surface area (Å²) in [5.41, 5.74) is 0.149. The van der Waals surface area contributed by atoms with Gasteiger partial charge in [-0.15, -0.1) is 0 Å². The van der Waals surface area contributed by atoms with Crippen LogP contribution >= 0.6 is 23.2 Å². The lowest BCUT2D eigenvalue weighted by molar-refractivity contribution is -0.385. The largest absolute Gasteiger partial charge is 0.493 e. The van der Waals surface area contributed by atoms with E-state index < -0.39 is 10.8 Å². The molecule has 0 N–H and O–H groups in total. The Hall–Kier alpha value is -2.51. The third-order valence-electron chi connectivity index (χ3n) is 3.79. The van der Waals surface area contributed by atoms with Crippen LogP contribution in [0.25, 0.3) is 0 Å². The van der Waals surface area contributed by atoms with Gasteiger partial charge in [0.25, 0.3) is 11.6 Å². The Morgan fingerprint density at radius 3 is 2.56 bits per heavy atom. The van der Waals surface area contributed by atoms with Crippen LogP contribution in [0, 0.1) is 10.1 Å². The molecule has 0 aromatic heterocycles. The molecule has 0 unspecified atom stereocenters. The van der Waals surface area contributed by atoms with Crippen LogP contribution in [0.2, 0.25) is 10.0 Å². The molecule has 1 amide bonds. The summed E-state index contributed by atoms with van der Waals surface area (Å²) in [6, 6.07) is 7.58. The van der Waals surface area contributed by atoms with E-state index in [4.69, 9.17) is 32.7 Å². The van der Waals surface area contributed by atoms with Crippen LogP contribution in [0.1, 0.15) is 22.8 Å². The number of benzene rings is 2. The lowest BCUT2D eigenvalue weighted by Gasteiger charge is -2.19. The van der Waals surface area contributed by atoms with Crippen molar-refractivity contribution in [2.45, 2.75) is 13.5 Å². The molecule has 0 radical (unpaired) electrons. The summed E-state index contributed by atoms with van der Waals surface area (Å²) in [7, 11) is 2.89. The molecular weight excluding hydrogens is 395 g/mol. The highest BCUT2D eigenvalue weighted by atomic mass is 35.5. The van der Waals surface area contributed by atoms with Crippen LogP contribution in [0.5, 0.6) is 11.5 Å². The van der Waals surface area contributed by atoms with Crippen molar-refractivity contribution < 1.29 is 19.2 Å². The summed E-state index contributed by atoms with van der Waals surface area (Å²) in [6.07, 6.45) is 0. The summed E-state index contributed by atoms with van der Waals surface area (Å²) >= 11 is 12.2. The summed E-state index contributed by atoms with van der Waals surface area (Å²) in [4.78, 5) is 25.0. The van der Waals surface area contributed by atoms with Gasteiger partial charge < -0.3 is 14.4 Å². The van der Waals surface area contributed by atoms with E-state index in [1.807, 2.05) is 0 Å². The minimum absolute atomic E-state index is 0.107. The zero-order valence-corrected chi connectivity index (χ0v) is 16.5. The zero-order valence-electron chi connectivity index (χ0n) is 15.0. The van der Waals surface area contributed by atoms with E-state index in [-0.39, 0.29) is 29.3 Å². The zero-order chi connectivity index (χ0) is 20.1. The molecule has 27 heavy (non-hydrogen) atoms. The predicted octanol–water partition coefficient (Wildman–Crippen LogP) is 4.58. The fraction of sp³-hybridized carbons (Fsp3) is 0.278. The third-order valence-corrected chi connectivity index (χ3v) is 4.65. The third kappa shape index (κ3) is 4.61. The fourth-order valence-corrected chi connectivity index (χ4v) is 2.88. The Balaban J connectivity index is 2.42. The van der Waals surface area contributed by atoms with Gasteiger partial charge in [-0.2, -0.15) is 0 Å². The minimum Gasteiger partial charge on any atom is -0.493 e. The first kappa shape index (κ1) is 20.8. The number of nitro benzene ring substituents is 1. The molecule has 144 valence electrons. The Kier molecular flexibility index (Phi) is 6.87. The first-order valence-corrected chi connectivity index (χ1v) is 8.73. The predicted molar refractivity (Wildman–Crippen MR) is 103 cm³/mol. The fourth-order valence-electron chi connectivity index (χ4n) is 2.50. The van der Waals surface area contributed by atoms with Gasteiger partial charge in [0.05, 0.1) is 34.8 Å². The Morgan fingerprint density at radius 1 is 1.26 bits per heavy atom. The second kappa shape index (κ2) is 8.92. The van der Waals surface area contributed by atoms with Crippen LogP contribution in [-0.4, -0.2) is 36.5 Å². The van der Waals surface area contributed by atoms with E-state index in [0.29, 0.717) is 22.2 Å². The van der Waals surface area contributed by atoms with Crippen LogP contribution in [0.3, 0.4) is 0 Å². The van der Waals surface area contributed by atoms with E-state index in [0.717, 1.165) is 0 Å². The van der Waals surface area contributed by atoms with Crippen LogP contribution in [0.4, 0.5) is 5.69 Å². The summed E-state index contributed by atoms with van der Waals surface area (Å²) in [5.74, 6) is -0.120. The van der Waals surface area contributed by atoms with Gasteiger partial charge in [-0.3, -0.25) is 14.9 Å². The monoisotopic (exact) mass is 412 g/mol. The molecule has 0 saturated heterocycles. The second-order valence-corrected chi connectivity index (χ2v) is 6.37. The quantitative estimate of drug-likeness (QED) is 0.490. The lowest BCUT2D eigenvalue weighted by atomic mass is 10.1. The van der Waals surface area contributed by atoms with Crippen LogP contribution in [-0.2, 0) is 6.54 Å². The molecule has 0 spiro atoms. The molecule has 2 rings (SSSR count). The summed E-state index contributed by atoms with van der Waals surface area (Å²) in [5, 5.41) is 12.1. The van der Waals surface area contributed by atoms with Gasteiger partial charge in [0.2, 0.25) is 0 Å². The van der Waals surface area contributed by atoms with Gasteiger partial charge in [0.1, 0.15) is 5.56 Å². The van der Waals surface area contributed by atoms with E-state index in [9.17, 15) is 14.9 Å². The van der Waals surface area contributed by atoms with Gasteiger partial charge in [0.15, 0.2) is 11.5 Å². The Bertz CT molecular complexity index is 873. The Labute approximate surface area is 166 Å². The molecule has 0 aliphatic rings. The van der Waals surface area contributed by atoms with Crippen LogP contribution < -0.4 is 9.47 Å². The van der Waals surface area contributed by atoms with Gasteiger partial charge in [-0.1, -0.05) is 35.3 Å². The van der Waals surface area contributed by atoms with Crippen molar-refractivity contribution in [1.29, 1.82) is 0 Å². The molecule has 9 heteroatoms. The summed E-state index contributed by atoms with van der Waals surface area (Å²) in [6.45, 7) is 2.21. The molecule has 0 aliphatic carbocycles. The van der Waals surface area contributed by atoms with Gasteiger partial charge in [0, 0.05) is 19.7 Å². The number of carbonyl (C=O) groups is 1. The number of nitro groups is 1. The number of hydrogen-bond donors (Lipinski definition) is 0. The smallest absolute Gasteiger partial charge is 0.286 e. The molecule has 0 fully saturated rings. The maximum atomic E-state index is 12.9. The average molecular weight is 413 g/mol. The summed E-state index contributed by atoms with van der Waals surface area (Å²) < 4.78 is 10.6. The topological polar surface area (TPSA) is 81.9 Å². The van der Waals surface area contributed by atoms with Crippen molar-refractivity contribution in [3.05, 3.63) is 61.6 Å². The highest BCUT2D eigenvalue weighted by Crippen LogP contribution is 2.35. The van der Waals surface area contributed by atoms with E-state index >= 15 is 0 Å². The number of carbonyl (C=O) groups excluding carboxylic acids is 1. The molecule has 0 aliphatic heterocycles. The SMILES string of the molecule is CCOc1cc(C(=O)N(C)Cc2cccc(Cl)c2Cl)c([N+](=O)[O-])cc1OC. The maximum Gasteiger partial charge on any atom is 0.286 e. The highest BCUT2D eigenvalue weighted by Gasteiger charge is 2.27. The van der Waals surface area contributed by atoms with E-state index in [1.54, 1.807) is 25.1 Å². The Morgan fingerprint density at radius 2 is 1.96 bits per heavy atom. The van der Waals surface area contributed by atoms with Crippen molar-refractivity contribution in [3.8, 4) is 11.5 Å². The van der Waals surface area contributed by atoms with Gasteiger partial charge >= 0.3 is 0 Å². The number of methoxy groups -OCH3 is 1. The van der Waals surface area contributed by atoms with Crippen molar-refractivity contribution >= 4 is 34.8 Å². The number of amides is 1. The molecular formula is C18H18Cl2N2O5. The molecule has 2 aromatic carbocycles. The standard InChI is InChI=1S/C18H18Cl2N2O5/c1-4-27-16-8-12(14(22(24)25)9-15(16)26-3)18(23)21(2)10-11-6-5-7-13(19)17(11)20/h5-9H,4,10H2,1-3H3. The second-order valence-electron chi connectivity index (χ2n) is 5.58. The van der Waals surface area contributed by atoms with Crippen molar-refractivity contribution in [3.63, 3.8) is 0 Å². The highest BCUT2D eigenvalue weighted by molar-refractivity contribution is 6.42. The molecule has 2 aromatic rings. The maximum absolute atomic E-state index is 12.9. The van der Waals surface area contributed by atoms with E-state index in [1.165, 1.54) is 31.2 Å². The van der Waals surface area contributed by atoms with Crippen molar-refractivity contribution in [2.75, 3.05) is 20.8 Å². The average Bonchev–Trinajstić information content (AvgIpc) is 2.64. The molecule has 0 saturated carbocycles. The number of halogens is 2. The number of hydrogen-bond acceptors (Lipinski definition) is 5. The van der Waals surface area contributed by atoms with Gasteiger partial charge in [-0.25, -0.2) is 0 Å². The number of nitrogens with zero attached hydrogens (tertiary/aromatic N) is 2. The first-order valence-electron chi connectivity index (χ1n) is 7.97. The van der Waals surface area contributed by atoms with Crippen molar-refractivity contribution in [1.82, 2.24) is 4.90 Å². The molecule has 0 heterocycles. The number of ether oxygens (including phenoxy) is 2. The lowest BCUT2D eigenvalue weighted by Crippen LogP contribution is -2.27. The number of rotatable bonds is 7. The minimum atomic E-state index is -0.633. The molecule has 0 bridgehead atoms. The van der Waals surface area contributed by atoms with E-state index in [2.05, 4.69) is 0 Å². The van der Waals surface area contributed by atoms with Crippen molar-refractivity contribution in [2.24, 2.45) is 0 Å². The van der Waals surface area contributed by atoms with Gasteiger partial charge in [-0.05, 0) is 18.6 Å². The molecule has 0 atom stereocenters. The molecule has 7 nitrogen and oxygen atoms in total. The first-order chi connectivity index (χ1) is 12.8. The van der Waals surface area contributed by atoms with Crippen LogP contribution in [0.15, 0.2) is 30.3 Å². The normalized spacial score (nSPS) is 10.4.